The summed E-state index contributed by atoms with van der Waals surface area (Å²) in [5.74, 6) is 0.627. The number of piperidine rings is 1. The van der Waals surface area contributed by atoms with E-state index >= 15 is 0 Å². The molecular formula is C24H25N2OS. The fraction of sp³-hybridized carbons (Fsp3) is 0.250. The Morgan fingerprint density at radius 2 is 1.82 bits per heavy atom. The van der Waals surface area contributed by atoms with Gasteiger partial charge in [0.2, 0.25) is 0 Å². The molecule has 1 aliphatic heterocycles. The predicted molar refractivity (Wildman–Crippen MR) is 118 cm³/mol. The molecule has 0 atom stereocenters. The van der Waals surface area contributed by atoms with Gasteiger partial charge in [0.1, 0.15) is 0 Å². The molecule has 1 aromatic heterocycles. The number of anilines is 1. The van der Waals surface area contributed by atoms with Crippen LogP contribution in [0.4, 0.5) is 10.5 Å². The highest BCUT2D eigenvalue weighted by molar-refractivity contribution is 7.10. The lowest BCUT2D eigenvalue weighted by Crippen LogP contribution is -2.41. The van der Waals surface area contributed by atoms with Crippen LogP contribution >= 0.6 is 11.3 Å². The molecule has 2 heterocycles. The highest BCUT2D eigenvalue weighted by Crippen LogP contribution is 2.28. The number of amides is 2. The first kappa shape index (κ1) is 18.8. The summed E-state index contributed by atoms with van der Waals surface area (Å²) in [5.41, 5.74) is 4.75. The number of carbonyl (C=O) groups is 1. The maximum Gasteiger partial charge on any atom is 0.321 e. The third-order valence-electron chi connectivity index (χ3n) is 5.37. The number of likely N-dealkylation sites (tertiary alicyclic amines) is 1. The van der Waals surface area contributed by atoms with Crippen molar-refractivity contribution in [3.05, 3.63) is 83.4 Å². The molecule has 1 radical (unpaired) electrons. The predicted octanol–water partition coefficient (Wildman–Crippen LogP) is 6.08. The van der Waals surface area contributed by atoms with Gasteiger partial charge in [0.25, 0.3) is 0 Å². The number of carbonyl (C=O) groups excluding carboxylic acids is 1. The van der Waals surface area contributed by atoms with Crippen molar-refractivity contribution in [1.29, 1.82) is 0 Å². The van der Waals surface area contributed by atoms with Crippen molar-refractivity contribution in [3.63, 3.8) is 0 Å². The molecule has 0 spiro atoms. The molecule has 4 rings (SSSR count). The molecule has 1 saturated heterocycles. The van der Waals surface area contributed by atoms with E-state index in [1.54, 1.807) is 11.3 Å². The number of para-hydroxylation sites is 1. The van der Waals surface area contributed by atoms with Crippen LogP contribution in [0.2, 0.25) is 0 Å². The minimum Gasteiger partial charge on any atom is -0.325 e. The van der Waals surface area contributed by atoms with Gasteiger partial charge in [-0.2, -0.15) is 0 Å². The van der Waals surface area contributed by atoms with Gasteiger partial charge < -0.3 is 10.2 Å². The van der Waals surface area contributed by atoms with E-state index in [-0.39, 0.29) is 6.03 Å². The maximum absolute atomic E-state index is 12.4. The molecular weight excluding hydrogens is 364 g/mol. The molecule has 0 saturated carbocycles. The van der Waals surface area contributed by atoms with Gasteiger partial charge in [-0.3, -0.25) is 0 Å². The second kappa shape index (κ2) is 8.61. The molecule has 3 aromatic rings. The zero-order valence-electron chi connectivity index (χ0n) is 15.9. The zero-order chi connectivity index (χ0) is 19.3. The van der Waals surface area contributed by atoms with E-state index in [0.717, 1.165) is 42.9 Å². The van der Waals surface area contributed by atoms with Crippen molar-refractivity contribution in [3.8, 4) is 11.1 Å². The minimum absolute atomic E-state index is 0.00749. The topological polar surface area (TPSA) is 32.3 Å². The van der Waals surface area contributed by atoms with Gasteiger partial charge in [0.15, 0.2) is 0 Å². The molecule has 3 nitrogen and oxygen atoms in total. The monoisotopic (exact) mass is 389 g/mol. The van der Waals surface area contributed by atoms with Crippen LogP contribution in [0.3, 0.4) is 0 Å². The zero-order valence-corrected chi connectivity index (χ0v) is 16.8. The van der Waals surface area contributed by atoms with E-state index in [2.05, 4.69) is 48.0 Å². The Morgan fingerprint density at radius 1 is 1.04 bits per heavy atom. The van der Waals surface area contributed by atoms with Crippen LogP contribution in [0, 0.1) is 12.8 Å². The summed E-state index contributed by atoms with van der Waals surface area (Å²) in [4.78, 5) is 15.5. The fourth-order valence-electron chi connectivity index (χ4n) is 3.81. The van der Waals surface area contributed by atoms with E-state index in [4.69, 9.17) is 0 Å². The fourth-order valence-corrected chi connectivity index (χ4v) is 4.48. The SMILES string of the molecule is [CH2]c1cc(-c2cccc(CC3CCN(C(=O)Nc4ccccc4)CC3)c2)cs1. The number of nitrogens with one attached hydrogen (secondary N) is 1. The van der Waals surface area contributed by atoms with Crippen molar-refractivity contribution in [2.45, 2.75) is 19.3 Å². The lowest BCUT2D eigenvalue weighted by molar-refractivity contribution is 0.182. The first-order valence-corrected chi connectivity index (χ1v) is 10.7. The standard InChI is InChI=1S/C24H25N2OS/c1-18-14-22(17-28-18)21-7-5-6-20(16-21)15-19-10-12-26(13-11-19)24(27)25-23-8-3-2-4-9-23/h2-9,14,16-17,19H,1,10-13,15H2,(H,25,27). The number of hydrogen-bond acceptors (Lipinski definition) is 2. The minimum atomic E-state index is 0.00749. The van der Waals surface area contributed by atoms with E-state index < -0.39 is 0 Å². The summed E-state index contributed by atoms with van der Waals surface area (Å²) in [6.07, 6.45) is 3.17. The second-order valence-corrected chi connectivity index (χ2v) is 8.43. The number of hydrogen-bond donors (Lipinski definition) is 1. The third-order valence-corrected chi connectivity index (χ3v) is 6.16. The Balaban J connectivity index is 1.31. The van der Waals surface area contributed by atoms with Crippen LogP contribution in [0.25, 0.3) is 11.1 Å². The lowest BCUT2D eigenvalue weighted by Gasteiger charge is -2.32. The molecule has 143 valence electrons. The first-order chi connectivity index (χ1) is 13.7. The van der Waals surface area contributed by atoms with Crippen LogP contribution < -0.4 is 5.32 Å². The first-order valence-electron chi connectivity index (χ1n) is 9.78. The second-order valence-electron chi connectivity index (χ2n) is 7.43. The molecule has 0 bridgehead atoms. The summed E-state index contributed by atoms with van der Waals surface area (Å²) >= 11 is 1.69. The number of rotatable bonds is 4. The number of urea groups is 1. The van der Waals surface area contributed by atoms with Crippen molar-refractivity contribution in [2.24, 2.45) is 5.92 Å². The van der Waals surface area contributed by atoms with Crippen LogP contribution in [-0.2, 0) is 6.42 Å². The average Bonchev–Trinajstić information content (AvgIpc) is 3.16. The van der Waals surface area contributed by atoms with Crippen molar-refractivity contribution in [1.82, 2.24) is 4.90 Å². The Bertz CT molecular complexity index is 927. The molecule has 0 aliphatic carbocycles. The Morgan fingerprint density at radius 3 is 2.54 bits per heavy atom. The molecule has 1 fully saturated rings. The van der Waals surface area contributed by atoms with Gasteiger partial charge in [-0.1, -0.05) is 42.5 Å². The molecule has 2 aromatic carbocycles. The molecule has 28 heavy (non-hydrogen) atoms. The van der Waals surface area contributed by atoms with Crippen LogP contribution in [0.5, 0.6) is 0 Å². The number of nitrogens with zero attached hydrogens (tertiary/aromatic N) is 1. The Hall–Kier alpha value is -2.59. The van der Waals surface area contributed by atoms with Crippen molar-refractivity contribution in [2.75, 3.05) is 18.4 Å². The number of thiophene rings is 1. The van der Waals surface area contributed by atoms with Crippen LogP contribution in [0.1, 0.15) is 23.3 Å². The van der Waals surface area contributed by atoms with E-state index in [9.17, 15) is 4.79 Å². The maximum atomic E-state index is 12.4. The summed E-state index contributed by atoms with van der Waals surface area (Å²) in [7, 11) is 0. The van der Waals surface area contributed by atoms with E-state index in [1.807, 2.05) is 35.2 Å². The van der Waals surface area contributed by atoms with E-state index in [1.165, 1.54) is 16.7 Å². The highest BCUT2D eigenvalue weighted by Gasteiger charge is 2.23. The van der Waals surface area contributed by atoms with Gasteiger partial charge >= 0.3 is 6.03 Å². The highest BCUT2D eigenvalue weighted by atomic mass is 32.1. The third kappa shape index (κ3) is 4.63. The van der Waals surface area contributed by atoms with Gasteiger partial charge in [0.05, 0.1) is 0 Å². The lowest BCUT2D eigenvalue weighted by atomic mass is 9.89. The van der Waals surface area contributed by atoms with Crippen LogP contribution in [-0.4, -0.2) is 24.0 Å². The van der Waals surface area contributed by atoms with Crippen molar-refractivity contribution < 1.29 is 4.79 Å². The molecule has 4 heteroatoms. The average molecular weight is 390 g/mol. The van der Waals surface area contributed by atoms with Gasteiger partial charge in [-0.25, -0.2) is 4.79 Å². The largest absolute Gasteiger partial charge is 0.325 e. The summed E-state index contributed by atoms with van der Waals surface area (Å²) in [5, 5.41) is 5.16. The van der Waals surface area contributed by atoms with Gasteiger partial charge in [-0.05, 0) is 72.4 Å². The summed E-state index contributed by atoms with van der Waals surface area (Å²) in [6.45, 7) is 5.65. The molecule has 0 unspecified atom stereocenters. The number of benzene rings is 2. The smallest absolute Gasteiger partial charge is 0.321 e. The molecule has 1 aliphatic rings. The van der Waals surface area contributed by atoms with Crippen LogP contribution in [0.15, 0.2) is 66.0 Å². The summed E-state index contributed by atoms with van der Waals surface area (Å²) < 4.78 is 0. The van der Waals surface area contributed by atoms with Crippen molar-refractivity contribution >= 4 is 23.1 Å². The van der Waals surface area contributed by atoms with Gasteiger partial charge in [-0.15, -0.1) is 11.3 Å². The quantitative estimate of drug-likeness (QED) is 0.576. The Labute approximate surface area is 171 Å². The molecule has 1 N–H and O–H groups in total. The summed E-state index contributed by atoms with van der Waals surface area (Å²) in [6, 6.07) is 20.6. The molecule has 2 amide bonds. The van der Waals surface area contributed by atoms with Gasteiger partial charge in [0, 0.05) is 23.7 Å². The van der Waals surface area contributed by atoms with E-state index in [0.29, 0.717) is 5.92 Å². The normalized spacial score (nSPS) is 14.8. The Kier molecular flexibility index (Phi) is 5.77.